The molecule has 0 aromatic heterocycles. The summed E-state index contributed by atoms with van der Waals surface area (Å²) in [6.07, 6.45) is 6.91. The predicted molar refractivity (Wildman–Crippen MR) is 72.7 cm³/mol. The van der Waals surface area contributed by atoms with Gasteiger partial charge in [0.15, 0.2) is 0 Å². The summed E-state index contributed by atoms with van der Waals surface area (Å²) in [6.45, 7) is 13.0. The van der Waals surface area contributed by atoms with Gasteiger partial charge in [-0.15, -0.1) is 0 Å². The van der Waals surface area contributed by atoms with Gasteiger partial charge in [0.25, 0.3) is 0 Å². The van der Waals surface area contributed by atoms with Crippen LogP contribution in [0.5, 0.6) is 0 Å². The van der Waals surface area contributed by atoms with Crippen molar-refractivity contribution in [2.75, 3.05) is 6.54 Å². The van der Waals surface area contributed by atoms with Gasteiger partial charge in [-0.1, -0.05) is 41.0 Å². The maximum Gasteiger partial charge on any atom is 0.00673 e. The van der Waals surface area contributed by atoms with Gasteiger partial charge in [0.1, 0.15) is 0 Å². The maximum atomic E-state index is 3.74. The van der Waals surface area contributed by atoms with Gasteiger partial charge in [-0.3, -0.25) is 0 Å². The second-order valence-corrected chi connectivity index (χ2v) is 6.84. The fraction of sp³-hybridized carbons (Fsp3) is 1.00. The van der Waals surface area contributed by atoms with Crippen molar-refractivity contribution in [1.82, 2.24) is 5.32 Å². The average Bonchev–Trinajstić information content (AvgIpc) is 2.25. The highest BCUT2D eigenvalue weighted by Crippen LogP contribution is 2.37. The van der Waals surface area contributed by atoms with Crippen LogP contribution in [0.2, 0.25) is 0 Å². The van der Waals surface area contributed by atoms with E-state index in [0.717, 1.165) is 17.9 Å². The Morgan fingerprint density at radius 1 is 1.12 bits per heavy atom. The molecule has 0 heterocycles. The third kappa shape index (κ3) is 4.45. The second kappa shape index (κ2) is 6.05. The Balaban J connectivity index is 2.22. The van der Waals surface area contributed by atoms with E-state index in [1.54, 1.807) is 0 Å². The SMILES string of the molecule is CCC(C)CNC1CCC(C(C)(C)C)CC1. The third-order valence-electron chi connectivity index (χ3n) is 4.40. The normalized spacial score (nSPS) is 29.1. The standard InChI is InChI=1S/C15H31N/c1-6-12(2)11-16-14-9-7-13(8-10-14)15(3,4)5/h12-14,16H,6-11H2,1-5H3. The van der Waals surface area contributed by atoms with Gasteiger partial charge in [0, 0.05) is 6.04 Å². The van der Waals surface area contributed by atoms with Crippen molar-refractivity contribution >= 4 is 0 Å². The summed E-state index contributed by atoms with van der Waals surface area (Å²) >= 11 is 0. The molecule has 0 bridgehead atoms. The smallest absolute Gasteiger partial charge is 0.00673 e. The molecule has 1 nitrogen and oxygen atoms in total. The van der Waals surface area contributed by atoms with Crippen molar-refractivity contribution < 1.29 is 0 Å². The van der Waals surface area contributed by atoms with Crippen LogP contribution in [0.3, 0.4) is 0 Å². The fourth-order valence-corrected chi connectivity index (χ4v) is 2.68. The van der Waals surface area contributed by atoms with Gasteiger partial charge >= 0.3 is 0 Å². The van der Waals surface area contributed by atoms with E-state index in [-0.39, 0.29) is 0 Å². The largest absolute Gasteiger partial charge is 0.314 e. The second-order valence-electron chi connectivity index (χ2n) is 6.84. The number of nitrogens with one attached hydrogen (secondary N) is 1. The Labute approximate surface area is 102 Å². The quantitative estimate of drug-likeness (QED) is 0.755. The highest BCUT2D eigenvalue weighted by Gasteiger charge is 2.29. The van der Waals surface area contributed by atoms with Gasteiger partial charge in [-0.2, -0.15) is 0 Å². The molecule has 1 unspecified atom stereocenters. The van der Waals surface area contributed by atoms with E-state index in [1.165, 1.54) is 38.6 Å². The molecule has 1 atom stereocenters. The molecule has 1 aliphatic carbocycles. The van der Waals surface area contributed by atoms with E-state index in [1.807, 2.05) is 0 Å². The zero-order valence-corrected chi connectivity index (χ0v) is 12.0. The van der Waals surface area contributed by atoms with Crippen molar-refractivity contribution in [1.29, 1.82) is 0 Å². The van der Waals surface area contributed by atoms with Crippen LogP contribution < -0.4 is 5.32 Å². The predicted octanol–water partition coefficient (Wildman–Crippen LogP) is 4.23. The average molecular weight is 225 g/mol. The zero-order valence-electron chi connectivity index (χ0n) is 12.0. The van der Waals surface area contributed by atoms with Gasteiger partial charge in [0.2, 0.25) is 0 Å². The third-order valence-corrected chi connectivity index (χ3v) is 4.40. The fourth-order valence-electron chi connectivity index (χ4n) is 2.68. The van der Waals surface area contributed by atoms with Crippen LogP contribution in [0, 0.1) is 17.3 Å². The lowest BCUT2D eigenvalue weighted by atomic mass is 9.71. The summed E-state index contributed by atoms with van der Waals surface area (Å²) in [5.41, 5.74) is 0.516. The van der Waals surface area contributed by atoms with Crippen molar-refractivity contribution in [2.45, 2.75) is 72.8 Å². The first-order valence-electron chi connectivity index (χ1n) is 7.16. The van der Waals surface area contributed by atoms with Crippen molar-refractivity contribution in [2.24, 2.45) is 17.3 Å². The lowest BCUT2D eigenvalue weighted by molar-refractivity contribution is 0.159. The molecule has 1 N–H and O–H groups in total. The van der Waals surface area contributed by atoms with E-state index in [0.29, 0.717) is 5.41 Å². The lowest BCUT2D eigenvalue weighted by Crippen LogP contribution is -2.38. The van der Waals surface area contributed by atoms with Crippen LogP contribution in [-0.4, -0.2) is 12.6 Å². The van der Waals surface area contributed by atoms with Crippen molar-refractivity contribution in [3.63, 3.8) is 0 Å². The molecule has 0 amide bonds. The zero-order chi connectivity index (χ0) is 12.2. The highest BCUT2D eigenvalue weighted by atomic mass is 14.9. The molecule has 1 aliphatic rings. The Hall–Kier alpha value is -0.0400. The summed E-state index contributed by atoms with van der Waals surface area (Å²) in [4.78, 5) is 0. The minimum Gasteiger partial charge on any atom is -0.314 e. The van der Waals surface area contributed by atoms with Crippen molar-refractivity contribution in [3.05, 3.63) is 0 Å². The molecule has 1 heteroatoms. The highest BCUT2D eigenvalue weighted by molar-refractivity contribution is 4.83. The van der Waals surface area contributed by atoms with Crippen LogP contribution in [0.15, 0.2) is 0 Å². The number of hydrogen-bond donors (Lipinski definition) is 1. The van der Waals surface area contributed by atoms with Crippen LogP contribution in [0.1, 0.15) is 66.7 Å². The van der Waals surface area contributed by atoms with Gasteiger partial charge in [0.05, 0.1) is 0 Å². The molecule has 1 saturated carbocycles. The first-order chi connectivity index (χ1) is 7.43. The molecular formula is C15H31N. The Morgan fingerprint density at radius 3 is 2.12 bits per heavy atom. The summed E-state index contributed by atoms with van der Waals surface area (Å²) in [5.74, 6) is 1.77. The lowest BCUT2D eigenvalue weighted by Gasteiger charge is -2.37. The van der Waals surface area contributed by atoms with E-state index in [9.17, 15) is 0 Å². The first kappa shape index (κ1) is 14.0. The van der Waals surface area contributed by atoms with Crippen LogP contribution in [0.25, 0.3) is 0 Å². The van der Waals surface area contributed by atoms with Gasteiger partial charge < -0.3 is 5.32 Å². The Morgan fingerprint density at radius 2 is 1.69 bits per heavy atom. The van der Waals surface area contributed by atoms with Crippen molar-refractivity contribution in [3.8, 4) is 0 Å². The summed E-state index contributed by atoms with van der Waals surface area (Å²) in [7, 11) is 0. The topological polar surface area (TPSA) is 12.0 Å². The van der Waals surface area contributed by atoms with E-state index >= 15 is 0 Å². The minimum atomic E-state index is 0.516. The number of rotatable bonds is 4. The molecule has 1 rings (SSSR count). The molecule has 0 aromatic carbocycles. The van der Waals surface area contributed by atoms with Crippen LogP contribution in [0.4, 0.5) is 0 Å². The maximum absolute atomic E-state index is 3.74. The molecule has 0 spiro atoms. The van der Waals surface area contributed by atoms with E-state index in [4.69, 9.17) is 0 Å². The molecule has 1 fully saturated rings. The van der Waals surface area contributed by atoms with E-state index < -0.39 is 0 Å². The molecule has 0 radical (unpaired) electrons. The van der Waals surface area contributed by atoms with Gasteiger partial charge in [-0.25, -0.2) is 0 Å². The summed E-state index contributed by atoms with van der Waals surface area (Å²) in [6, 6.07) is 0.799. The molecule has 0 aromatic rings. The van der Waals surface area contributed by atoms with E-state index in [2.05, 4.69) is 39.9 Å². The molecular weight excluding hydrogens is 194 g/mol. The molecule has 0 aliphatic heterocycles. The number of hydrogen-bond acceptors (Lipinski definition) is 1. The Bertz CT molecular complexity index is 184. The molecule has 96 valence electrons. The monoisotopic (exact) mass is 225 g/mol. The first-order valence-corrected chi connectivity index (χ1v) is 7.16. The Kier molecular flexibility index (Phi) is 5.30. The van der Waals surface area contributed by atoms with Crippen LogP contribution >= 0.6 is 0 Å². The minimum absolute atomic E-state index is 0.516. The van der Waals surface area contributed by atoms with Crippen LogP contribution in [-0.2, 0) is 0 Å². The molecule has 16 heavy (non-hydrogen) atoms. The van der Waals surface area contributed by atoms with Gasteiger partial charge in [-0.05, 0) is 49.5 Å². The molecule has 0 saturated heterocycles. The summed E-state index contributed by atoms with van der Waals surface area (Å²) < 4.78 is 0. The summed E-state index contributed by atoms with van der Waals surface area (Å²) in [5, 5.41) is 3.74.